The fourth-order valence-electron chi connectivity index (χ4n) is 3.43. The van der Waals surface area contributed by atoms with Crippen LogP contribution in [0, 0.1) is 0 Å². The SMILES string of the molecule is CCCC(C)(Pc1ccccc1C(C)=O)c1cc(OC)cc(OC)c1OC. The van der Waals surface area contributed by atoms with Crippen molar-refractivity contribution in [2.24, 2.45) is 0 Å². The molecule has 0 aliphatic rings. The van der Waals surface area contributed by atoms with Crippen molar-refractivity contribution in [3.63, 3.8) is 0 Å². The van der Waals surface area contributed by atoms with Crippen molar-refractivity contribution >= 4 is 19.7 Å². The molecule has 0 aliphatic heterocycles. The lowest BCUT2D eigenvalue weighted by Crippen LogP contribution is -2.22. The highest BCUT2D eigenvalue weighted by Crippen LogP contribution is 2.52. The molecular formula is C22H29O4P. The number of ketones is 1. The molecule has 0 bridgehead atoms. The first-order valence-electron chi connectivity index (χ1n) is 9.08. The zero-order valence-corrected chi connectivity index (χ0v) is 18.0. The van der Waals surface area contributed by atoms with Crippen molar-refractivity contribution in [2.75, 3.05) is 21.3 Å². The van der Waals surface area contributed by atoms with Crippen molar-refractivity contribution in [3.05, 3.63) is 47.5 Å². The zero-order valence-electron chi connectivity index (χ0n) is 17.0. The minimum atomic E-state index is -0.215. The summed E-state index contributed by atoms with van der Waals surface area (Å²) in [5.74, 6) is 2.20. The summed E-state index contributed by atoms with van der Waals surface area (Å²) < 4.78 is 16.8. The summed E-state index contributed by atoms with van der Waals surface area (Å²) in [6, 6.07) is 11.7. The van der Waals surface area contributed by atoms with Gasteiger partial charge < -0.3 is 14.2 Å². The highest BCUT2D eigenvalue weighted by atomic mass is 31.1. The normalized spacial score (nSPS) is 13.4. The van der Waals surface area contributed by atoms with Crippen LogP contribution in [0.15, 0.2) is 36.4 Å². The molecule has 2 atom stereocenters. The van der Waals surface area contributed by atoms with Crippen LogP contribution in [0.4, 0.5) is 0 Å². The maximum atomic E-state index is 12.1. The maximum Gasteiger partial charge on any atom is 0.165 e. The molecule has 146 valence electrons. The van der Waals surface area contributed by atoms with Gasteiger partial charge in [0.1, 0.15) is 5.75 Å². The standard InChI is InChI=1S/C22H29O4P/c1-7-12-22(3,27-20-11-9-8-10-17(20)15(2)23)18-13-16(24-4)14-19(25-5)21(18)26-6/h8-11,13-14,27H,7,12H2,1-6H3. The third kappa shape index (κ3) is 4.62. The lowest BCUT2D eigenvalue weighted by atomic mass is 9.93. The Labute approximate surface area is 164 Å². The number of hydrogen-bond acceptors (Lipinski definition) is 4. The van der Waals surface area contributed by atoms with Gasteiger partial charge in [0.15, 0.2) is 17.3 Å². The second-order valence-electron chi connectivity index (χ2n) is 6.72. The number of methoxy groups -OCH3 is 3. The molecule has 5 heteroatoms. The molecule has 27 heavy (non-hydrogen) atoms. The van der Waals surface area contributed by atoms with Crippen LogP contribution in [0.1, 0.15) is 49.5 Å². The molecule has 0 saturated carbocycles. The van der Waals surface area contributed by atoms with Crippen molar-refractivity contribution < 1.29 is 19.0 Å². The number of rotatable bonds is 9. The Hall–Kier alpha value is -2.06. The summed E-state index contributed by atoms with van der Waals surface area (Å²) in [6.45, 7) is 6.02. The Balaban J connectivity index is 2.64. The summed E-state index contributed by atoms with van der Waals surface area (Å²) in [6.07, 6.45) is 1.96. The van der Waals surface area contributed by atoms with Gasteiger partial charge in [-0.15, -0.1) is 0 Å². The molecule has 0 aromatic heterocycles. The third-order valence-corrected chi connectivity index (χ3v) is 6.53. The van der Waals surface area contributed by atoms with E-state index in [0.29, 0.717) is 14.3 Å². The predicted molar refractivity (Wildman–Crippen MR) is 113 cm³/mol. The van der Waals surface area contributed by atoms with Gasteiger partial charge in [0.25, 0.3) is 0 Å². The Kier molecular flexibility index (Phi) is 7.26. The van der Waals surface area contributed by atoms with Crippen molar-refractivity contribution in [3.8, 4) is 17.2 Å². The van der Waals surface area contributed by atoms with Gasteiger partial charge in [-0.25, -0.2) is 0 Å². The lowest BCUT2D eigenvalue weighted by molar-refractivity contribution is 0.101. The number of hydrogen-bond donors (Lipinski definition) is 0. The topological polar surface area (TPSA) is 44.8 Å². The molecule has 0 amide bonds. The first-order valence-corrected chi connectivity index (χ1v) is 10.1. The highest BCUT2D eigenvalue weighted by Gasteiger charge is 2.33. The van der Waals surface area contributed by atoms with Crippen LogP contribution in [0.25, 0.3) is 0 Å². The highest BCUT2D eigenvalue weighted by molar-refractivity contribution is 7.48. The Morgan fingerprint density at radius 2 is 1.78 bits per heavy atom. The number of ether oxygens (including phenoxy) is 3. The molecule has 0 aliphatic carbocycles. The molecule has 0 spiro atoms. The van der Waals surface area contributed by atoms with E-state index in [4.69, 9.17) is 14.2 Å². The van der Waals surface area contributed by atoms with E-state index in [9.17, 15) is 4.79 Å². The van der Waals surface area contributed by atoms with E-state index in [1.54, 1.807) is 28.3 Å². The third-order valence-electron chi connectivity index (χ3n) is 4.75. The first-order chi connectivity index (χ1) is 12.9. The molecule has 0 heterocycles. The van der Waals surface area contributed by atoms with Gasteiger partial charge in [-0.05, 0) is 24.7 Å². The van der Waals surface area contributed by atoms with Crippen molar-refractivity contribution in [1.29, 1.82) is 0 Å². The first kappa shape index (κ1) is 21.2. The number of carbonyl (C=O) groups excluding carboxylic acids is 1. The van der Waals surface area contributed by atoms with E-state index in [1.807, 2.05) is 36.4 Å². The van der Waals surface area contributed by atoms with E-state index in [2.05, 4.69) is 13.8 Å². The smallest absolute Gasteiger partial charge is 0.165 e. The molecule has 2 rings (SSSR count). The van der Waals surface area contributed by atoms with Crippen molar-refractivity contribution in [2.45, 2.75) is 38.8 Å². The van der Waals surface area contributed by atoms with Crippen LogP contribution in [0.2, 0.25) is 0 Å². The molecular weight excluding hydrogens is 359 g/mol. The number of carbonyl (C=O) groups is 1. The van der Waals surface area contributed by atoms with E-state index >= 15 is 0 Å². The Bertz CT molecular complexity index is 803. The summed E-state index contributed by atoms with van der Waals surface area (Å²) >= 11 is 0. The van der Waals surface area contributed by atoms with Crippen LogP contribution in [-0.4, -0.2) is 27.1 Å². The average molecular weight is 388 g/mol. The molecule has 0 N–H and O–H groups in total. The Morgan fingerprint density at radius 3 is 2.33 bits per heavy atom. The molecule has 2 aromatic carbocycles. The summed E-state index contributed by atoms with van der Waals surface area (Å²) in [5, 5.41) is 0.859. The predicted octanol–water partition coefficient (Wildman–Crippen LogP) is 4.93. The number of Topliss-reactive ketones (excluding diaryl/α,β-unsaturated/α-hetero) is 1. The van der Waals surface area contributed by atoms with Gasteiger partial charge in [0.2, 0.25) is 0 Å². The van der Waals surface area contributed by atoms with E-state index in [1.165, 1.54) is 0 Å². The minimum Gasteiger partial charge on any atom is -0.497 e. The van der Waals surface area contributed by atoms with Gasteiger partial charge in [-0.1, -0.05) is 53.1 Å². The van der Waals surface area contributed by atoms with E-state index < -0.39 is 0 Å². The average Bonchev–Trinajstić information content (AvgIpc) is 2.67. The van der Waals surface area contributed by atoms with Crippen LogP contribution < -0.4 is 19.5 Å². The second-order valence-corrected chi connectivity index (χ2v) is 8.61. The van der Waals surface area contributed by atoms with Gasteiger partial charge in [-0.3, -0.25) is 4.79 Å². The number of benzene rings is 2. The van der Waals surface area contributed by atoms with Gasteiger partial charge in [-0.2, -0.15) is 0 Å². The van der Waals surface area contributed by atoms with E-state index in [0.717, 1.165) is 40.8 Å². The van der Waals surface area contributed by atoms with Gasteiger partial charge in [0.05, 0.1) is 21.3 Å². The Morgan fingerprint density at radius 1 is 1.07 bits per heavy atom. The molecule has 2 unspecified atom stereocenters. The van der Waals surface area contributed by atoms with Gasteiger partial charge >= 0.3 is 0 Å². The molecule has 0 radical (unpaired) electrons. The summed E-state index contributed by atoms with van der Waals surface area (Å²) in [4.78, 5) is 12.1. The van der Waals surface area contributed by atoms with Crippen LogP contribution in [-0.2, 0) is 5.16 Å². The molecule has 4 nitrogen and oxygen atoms in total. The fraction of sp³-hybridized carbons (Fsp3) is 0.409. The largest absolute Gasteiger partial charge is 0.497 e. The van der Waals surface area contributed by atoms with Crippen LogP contribution in [0.3, 0.4) is 0 Å². The molecule has 2 aromatic rings. The summed E-state index contributed by atoms with van der Waals surface area (Å²) in [5.41, 5.74) is 1.83. The quantitative estimate of drug-likeness (QED) is 0.451. The molecule has 0 fully saturated rings. The van der Waals surface area contributed by atoms with Crippen molar-refractivity contribution in [1.82, 2.24) is 0 Å². The second kappa shape index (κ2) is 9.23. The van der Waals surface area contributed by atoms with Gasteiger partial charge in [0, 0.05) is 22.3 Å². The molecule has 0 saturated heterocycles. The minimum absolute atomic E-state index is 0.0899. The van der Waals surface area contributed by atoms with E-state index in [-0.39, 0.29) is 10.9 Å². The summed E-state index contributed by atoms with van der Waals surface area (Å²) in [7, 11) is 5.35. The monoisotopic (exact) mass is 388 g/mol. The van der Waals surface area contributed by atoms with Crippen LogP contribution in [0.5, 0.6) is 17.2 Å². The fourth-order valence-corrected chi connectivity index (χ4v) is 5.29. The lowest BCUT2D eigenvalue weighted by Gasteiger charge is -2.33. The zero-order chi connectivity index (χ0) is 20.0. The van der Waals surface area contributed by atoms with Crippen LogP contribution >= 0.6 is 8.58 Å². The maximum absolute atomic E-state index is 12.1.